The summed E-state index contributed by atoms with van der Waals surface area (Å²) in [6.45, 7) is 2.26. The summed E-state index contributed by atoms with van der Waals surface area (Å²) >= 11 is 0. The number of nitro benzene ring substituents is 1. The van der Waals surface area contributed by atoms with E-state index in [1.54, 1.807) is 17.0 Å². The van der Waals surface area contributed by atoms with Gasteiger partial charge in [0.15, 0.2) is 0 Å². The minimum Gasteiger partial charge on any atom is -0.398 e. The van der Waals surface area contributed by atoms with Crippen LogP contribution in [-0.4, -0.2) is 46.9 Å². The van der Waals surface area contributed by atoms with E-state index in [1.165, 1.54) is 6.07 Å². The van der Waals surface area contributed by atoms with E-state index in [4.69, 9.17) is 10.7 Å². The van der Waals surface area contributed by atoms with Gasteiger partial charge < -0.3 is 16.0 Å². The zero-order valence-electron chi connectivity index (χ0n) is 23.9. The Morgan fingerprint density at radius 2 is 1.75 bits per heavy atom. The molecule has 2 heterocycles. The number of piperazine rings is 1. The number of amides is 1. The van der Waals surface area contributed by atoms with Gasteiger partial charge >= 0.3 is 6.18 Å². The Bertz CT molecular complexity index is 1750. The number of alkyl halides is 3. The number of nitrogens with one attached hydrogen (secondary N) is 1. The number of aryl methyl sites for hydroxylation is 1. The number of nitrogens with zero attached hydrogens (tertiary/aromatic N) is 4. The van der Waals surface area contributed by atoms with Crippen molar-refractivity contribution < 1.29 is 22.9 Å². The number of pyridine rings is 1. The van der Waals surface area contributed by atoms with Crippen LogP contribution in [0.15, 0.2) is 60.7 Å². The summed E-state index contributed by atoms with van der Waals surface area (Å²) in [6, 6.07) is 15.5. The minimum absolute atomic E-state index is 0.161. The summed E-state index contributed by atoms with van der Waals surface area (Å²) in [5.74, 6) is -0.261. The predicted molar refractivity (Wildman–Crippen MR) is 163 cm³/mol. The van der Waals surface area contributed by atoms with Gasteiger partial charge in [-0.3, -0.25) is 24.8 Å². The Kier molecular flexibility index (Phi) is 7.85. The lowest BCUT2D eigenvalue weighted by molar-refractivity contribution is -0.384. The summed E-state index contributed by atoms with van der Waals surface area (Å²) in [4.78, 5) is 32.9. The predicted octanol–water partition coefficient (Wildman–Crippen LogP) is 6.20. The molecule has 4 aromatic rings. The first-order valence-electron chi connectivity index (χ1n) is 14.5. The minimum atomic E-state index is -4.67. The highest BCUT2D eigenvalue weighted by Crippen LogP contribution is 2.37. The number of hydrogen-bond acceptors (Lipinski definition) is 7. The molecule has 1 amide bonds. The molecule has 1 aliphatic carbocycles. The quantitative estimate of drug-likeness (QED) is 0.199. The van der Waals surface area contributed by atoms with Crippen LogP contribution in [0.25, 0.3) is 10.9 Å². The van der Waals surface area contributed by atoms with Crippen molar-refractivity contribution in [3.05, 3.63) is 98.7 Å². The number of carbonyl (C=O) groups excluding carboxylic acids is 1. The van der Waals surface area contributed by atoms with Crippen LogP contribution in [0, 0.1) is 10.1 Å². The van der Waals surface area contributed by atoms with Crippen LogP contribution in [0.3, 0.4) is 0 Å². The van der Waals surface area contributed by atoms with Gasteiger partial charge in [-0.1, -0.05) is 18.2 Å². The van der Waals surface area contributed by atoms with E-state index in [1.807, 2.05) is 30.3 Å². The van der Waals surface area contributed by atoms with Crippen LogP contribution in [0.4, 0.5) is 35.9 Å². The third-order valence-electron chi connectivity index (χ3n) is 8.43. The van der Waals surface area contributed by atoms with Gasteiger partial charge in [-0.2, -0.15) is 13.2 Å². The largest absolute Gasteiger partial charge is 0.416 e. The smallest absolute Gasteiger partial charge is 0.398 e. The van der Waals surface area contributed by atoms with Crippen molar-refractivity contribution in [3.8, 4) is 0 Å². The van der Waals surface area contributed by atoms with Gasteiger partial charge in [-0.15, -0.1) is 0 Å². The molecule has 44 heavy (non-hydrogen) atoms. The topological polar surface area (TPSA) is 118 Å². The van der Waals surface area contributed by atoms with E-state index in [2.05, 4.69) is 10.2 Å². The number of aromatic nitrogens is 1. The SMILES string of the molecule is Nc1c2c(nc3ccc(NC(=O)c4ccccc4CN4CCN(c5ccc(C(F)(F)F)cc5[N+](=O)[O-])CC4)cc13)CCCC2. The van der Waals surface area contributed by atoms with E-state index in [0.29, 0.717) is 50.0 Å². The van der Waals surface area contributed by atoms with Crippen molar-refractivity contribution in [1.82, 2.24) is 9.88 Å². The molecule has 3 N–H and O–H groups in total. The van der Waals surface area contributed by atoms with Crippen molar-refractivity contribution in [2.24, 2.45) is 0 Å². The highest BCUT2D eigenvalue weighted by atomic mass is 19.4. The number of benzene rings is 3. The number of anilines is 3. The zero-order chi connectivity index (χ0) is 31.0. The molecule has 1 fully saturated rings. The maximum absolute atomic E-state index is 13.4. The second-order valence-corrected chi connectivity index (χ2v) is 11.2. The van der Waals surface area contributed by atoms with Gasteiger partial charge in [-0.05, 0) is 73.2 Å². The number of hydrogen-bond donors (Lipinski definition) is 2. The van der Waals surface area contributed by atoms with Gasteiger partial charge in [0, 0.05) is 66.8 Å². The first-order valence-corrected chi connectivity index (χ1v) is 14.5. The van der Waals surface area contributed by atoms with Crippen molar-refractivity contribution in [3.63, 3.8) is 0 Å². The molecular weight excluding hydrogens is 573 g/mol. The lowest BCUT2D eigenvalue weighted by atomic mass is 9.93. The molecule has 0 radical (unpaired) electrons. The second kappa shape index (κ2) is 11.8. The Hall–Kier alpha value is -4.71. The molecule has 1 aromatic heterocycles. The summed E-state index contributed by atoms with van der Waals surface area (Å²) in [5, 5.41) is 15.4. The monoisotopic (exact) mass is 604 g/mol. The van der Waals surface area contributed by atoms with Gasteiger partial charge in [0.05, 0.1) is 16.0 Å². The van der Waals surface area contributed by atoms with Crippen molar-refractivity contribution in [2.75, 3.05) is 42.1 Å². The Morgan fingerprint density at radius 3 is 2.50 bits per heavy atom. The summed E-state index contributed by atoms with van der Waals surface area (Å²) in [6.07, 6.45) is -0.643. The molecule has 0 saturated carbocycles. The van der Waals surface area contributed by atoms with Gasteiger partial charge in [0.25, 0.3) is 11.6 Å². The zero-order valence-corrected chi connectivity index (χ0v) is 23.9. The number of halogens is 3. The summed E-state index contributed by atoms with van der Waals surface area (Å²) < 4.78 is 39.4. The number of nitrogen functional groups attached to an aromatic ring is 1. The third kappa shape index (κ3) is 5.89. The van der Waals surface area contributed by atoms with E-state index >= 15 is 0 Å². The molecular formula is C32H31F3N6O3. The molecule has 6 rings (SSSR count). The maximum atomic E-state index is 13.4. The Balaban J connectivity index is 1.14. The fourth-order valence-corrected chi connectivity index (χ4v) is 6.12. The van der Waals surface area contributed by atoms with Crippen LogP contribution >= 0.6 is 0 Å². The van der Waals surface area contributed by atoms with Crippen molar-refractivity contribution >= 4 is 39.6 Å². The van der Waals surface area contributed by atoms with Crippen LogP contribution in [0.5, 0.6) is 0 Å². The normalized spacial score (nSPS) is 15.7. The average Bonchev–Trinajstić information content (AvgIpc) is 3.01. The number of nitrogens with two attached hydrogens (primary N) is 1. The second-order valence-electron chi connectivity index (χ2n) is 11.2. The number of rotatable bonds is 6. The standard InChI is InChI=1S/C32H31F3N6O3/c33-32(34,35)21-9-12-28(29(17-21)41(43)44)40-15-13-39(14-16-40)19-20-5-1-2-6-23(20)31(42)37-22-10-11-27-25(18-22)30(36)24-7-3-4-8-26(24)38-27/h1-2,5-6,9-12,17-18H,3-4,7-8,13-16,19H2,(H2,36,38)(H,37,42). The molecule has 3 aromatic carbocycles. The maximum Gasteiger partial charge on any atom is 0.416 e. The fourth-order valence-electron chi connectivity index (χ4n) is 6.12. The average molecular weight is 605 g/mol. The molecule has 0 atom stereocenters. The first kappa shape index (κ1) is 29.4. The van der Waals surface area contributed by atoms with Gasteiger partial charge in [0.1, 0.15) is 5.69 Å². The number of fused-ring (bicyclic) bond motifs is 2. The van der Waals surface area contributed by atoms with Gasteiger partial charge in [-0.25, -0.2) is 0 Å². The molecule has 0 spiro atoms. The van der Waals surface area contributed by atoms with Crippen LogP contribution < -0.4 is 16.0 Å². The Labute approximate surface area is 251 Å². The molecule has 0 bridgehead atoms. The first-order chi connectivity index (χ1) is 21.1. The van der Waals surface area contributed by atoms with Crippen LogP contribution in [0.1, 0.15) is 45.6 Å². The van der Waals surface area contributed by atoms with Crippen molar-refractivity contribution in [1.29, 1.82) is 0 Å². The molecule has 9 nitrogen and oxygen atoms in total. The third-order valence-corrected chi connectivity index (χ3v) is 8.43. The van der Waals surface area contributed by atoms with E-state index < -0.39 is 22.4 Å². The molecule has 1 saturated heterocycles. The van der Waals surface area contributed by atoms with E-state index in [0.717, 1.165) is 65.2 Å². The number of nitro groups is 1. The van der Waals surface area contributed by atoms with Crippen LogP contribution in [0.2, 0.25) is 0 Å². The number of carbonyl (C=O) groups is 1. The van der Waals surface area contributed by atoms with E-state index in [-0.39, 0.29) is 11.6 Å². The van der Waals surface area contributed by atoms with E-state index in [9.17, 15) is 28.1 Å². The highest BCUT2D eigenvalue weighted by Gasteiger charge is 2.34. The van der Waals surface area contributed by atoms with Gasteiger partial charge in [0.2, 0.25) is 0 Å². The lowest BCUT2D eigenvalue weighted by Crippen LogP contribution is -2.46. The lowest BCUT2D eigenvalue weighted by Gasteiger charge is -2.36. The van der Waals surface area contributed by atoms with Crippen molar-refractivity contribution in [2.45, 2.75) is 38.4 Å². The van der Waals surface area contributed by atoms with Crippen LogP contribution in [-0.2, 0) is 25.6 Å². The molecule has 0 unspecified atom stereocenters. The fraction of sp³-hybridized carbons (Fsp3) is 0.312. The summed E-state index contributed by atoms with van der Waals surface area (Å²) in [7, 11) is 0. The molecule has 228 valence electrons. The molecule has 2 aliphatic rings. The summed E-state index contributed by atoms with van der Waals surface area (Å²) in [5.41, 5.74) is 10.7. The Morgan fingerprint density at radius 1 is 1.00 bits per heavy atom. The molecule has 12 heteroatoms. The highest BCUT2D eigenvalue weighted by molar-refractivity contribution is 6.06. The molecule has 1 aliphatic heterocycles.